The van der Waals surface area contributed by atoms with Crippen molar-refractivity contribution in [3.63, 3.8) is 0 Å². The lowest BCUT2D eigenvalue weighted by Gasteiger charge is -1.85. The Hall–Kier alpha value is -0.250. The van der Waals surface area contributed by atoms with E-state index in [1.54, 1.807) is 0 Å². The lowest BCUT2D eigenvalue weighted by molar-refractivity contribution is 0.110. The van der Waals surface area contributed by atoms with Crippen LogP contribution in [0.1, 0.15) is 0 Å². The van der Waals surface area contributed by atoms with E-state index >= 15 is 0 Å². The van der Waals surface area contributed by atoms with Gasteiger partial charge in [-0.3, -0.25) is 0 Å². The molecular weight excluding hydrogens is 152 g/mol. The van der Waals surface area contributed by atoms with Gasteiger partial charge in [-0.05, 0) is 15.9 Å². The van der Waals surface area contributed by atoms with Crippen molar-refractivity contribution >= 4 is 22.1 Å². The van der Waals surface area contributed by atoms with E-state index in [2.05, 4.69) is 20.7 Å². The molecule has 0 radical (unpaired) electrons. The Labute approximate surface area is 43.0 Å². The Bertz CT molecular complexity index is 52.8. The van der Waals surface area contributed by atoms with Gasteiger partial charge in [-0.1, -0.05) is 0 Å². The lowest BCUT2D eigenvalue weighted by Crippen LogP contribution is -1.95. The van der Waals surface area contributed by atoms with Gasteiger partial charge in [-0.25, -0.2) is 4.79 Å². The van der Waals surface area contributed by atoms with Crippen molar-refractivity contribution in [2.24, 2.45) is 0 Å². The minimum Gasteiger partial charge on any atom is -0.450 e. The molecule has 0 spiro atoms. The summed E-state index contributed by atoms with van der Waals surface area (Å²) in [7, 11) is 0. The number of rotatable bonds is 1. The Morgan fingerprint density at radius 3 is 2.50 bits per heavy atom. The second-order valence-corrected chi connectivity index (χ2v) is 0.977. The normalized spacial score (nSPS) is 7.50. The Kier molecular flexibility index (Phi) is 2.84. The molecule has 0 unspecified atom stereocenters. The molecule has 0 bridgehead atoms. The number of halogens is 1. The highest BCUT2D eigenvalue weighted by molar-refractivity contribution is 9.09. The summed E-state index contributed by atoms with van der Waals surface area (Å²) < 4.78 is 3.88. The Balaban J connectivity index is 2.83. The van der Waals surface area contributed by atoms with Crippen molar-refractivity contribution in [3.05, 3.63) is 0 Å². The number of hydrogen-bond acceptors (Lipinski definition) is 2. The third-order valence-electron chi connectivity index (χ3n) is 0.178. The maximum absolute atomic E-state index is 9.35. The predicted molar refractivity (Wildman–Crippen MR) is 22.9 cm³/mol. The summed E-state index contributed by atoms with van der Waals surface area (Å²) in [6.07, 6.45) is -1.26. The minimum atomic E-state index is -1.26. The van der Waals surface area contributed by atoms with Crippen LogP contribution in [-0.2, 0) is 4.74 Å². The van der Waals surface area contributed by atoms with E-state index in [0.717, 1.165) is 0 Å². The summed E-state index contributed by atoms with van der Waals surface area (Å²) in [5.74, 6) is 0. The van der Waals surface area contributed by atoms with Gasteiger partial charge >= 0.3 is 6.16 Å². The topological polar surface area (TPSA) is 46.5 Å². The number of carboxylic acid groups (broad SMARTS) is 1. The first-order chi connectivity index (χ1) is 2.77. The first kappa shape index (κ1) is 5.75. The molecule has 0 rings (SSSR count). The molecule has 0 heterocycles. The van der Waals surface area contributed by atoms with Crippen molar-refractivity contribution in [2.75, 3.05) is 5.52 Å². The fourth-order valence-corrected chi connectivity index (χ4v) is 0.243. The Morgan fingerprint density at radius 2 is 2.50 bits per heavy atom. The molecule has 0 aromatic carbocycles. The third kappa shape index (κ3) is 3.75. The fraction of sp³-hybridized carbons (Fsp3) is 0.500. The largest absolute Gasteiger partial charge is 0.506 e. The van der Waals surface area contributed by atoms with Gasteiger partial charge in [-0.2, -0.15) is 0 Å². The molecule has 0 aliphatic heterocycles. The molecule has 0 aliphatic rings. The van der Waals surface area contributed by atoms with Crippen LogP contribution in [0.3, 0.4) is 0 Å². The molecule has 0 saturated heterocycles. The number of ether oxygens (including phenoxy) is 1. The van der Waals surface area contributed by atoms with Crippen LogP contribution >= 0.6 is 15.9 Å². The molecule has 0 aromatic heterocycles. The molecule has 6 heavy (non-hydrogen) atoms. The van der Waals surface area contributed by atoms with Crippen molar-refractivity contribution in [3.8, 4) is 0 Å². The van der Waals surface area contributed by atoms with Gasteiger partial charge in [0, 0.05) is 0 Å². The standard InChI is InChI=1S/C2H3BrO3/c3-1-6-2(4)5/h1H2,(H,4,5). The zero-order valence-electron chi connectivity index (χ0n) is 2.85. The SMILES string of the molecule is O=C(O)OCBr. The van der Waals surface area contributed by atoms with Crippen molar-refractivity contribution < 1.29 is 14.6 Å². The highest BCUT2D eigenvalue weighted by Gasteiger charge is 1.87. The van der Waals surface area contributed by atoms with Crippen LogP contribution in [0.25, 0.3) is 0 Å². The molecule has 0 saturated carbocycles. The Morgan fingerprint density at radius 1 is 2.00 bits per heavy atom. The predicted octanol–water partition coefficient (Wildman–Crippen LogP) is 1.03. The van der Waals surface area contributed by atoms with Gasteiger partial charge in [0.15, 0.2) is 0 Å². The molecule has 0 fully saturated rings. The highest BCUT2D eigenvalue weighted by atomic mass is 79.9. The van der Waals surface area contributed by atoms with Crippen LogP contribution in [0.4, 0.5) is 4.79 Å². The molecule has 0 aliphatic carbocycles. The van der Waals surface area contributed by atoms with E-state index < -0.39 is 6.16 Å². The van der Waals surface area contributed by atoms with Crippen molar-refractivity contribution in [1.29, 1.82) is 0 Å². The summed E-state index contributed by atoms with van der Waals surface area (Å²) in [6.45, 7) is 0. The van der Waals surface area contributed by atoms with Gasteiger partial charge < -0.3 is 9.84 Å². The molecule has 4 heteroatoms. The average molecular weight is 155 g/mol. The smallest absolute Gasteiger partial charge is 0.450 e. The second kappa shape index (κ2) is 2.96. The number of carbonyl (C=O) groups is 1. The van der Waals surface area contributed by atoms with E-state index in [4.69, 9.17) is 5.11 Å². The summed E-state index contributed by atoms with van der Waals surface area (Å²) in [5, 5.41) is 7.66. The molecule has 1 N–H and O–H groups in total. The van der Waals surface area contributed by atoms with Crippen LogP contribution in [0, 0.1) is 0 Å². The molecule has 36 valence electrons. The molecule has 3 nitrogen and oxygen atoms in total. The fourth-order valence-electron chi connectivity index (χ4n) is 0.0467. The zero-order chi connectivity index (χ0) is 4.99. The first-order valence-corrected chi connectivity index (χ1v) is 2.31. The van der Waals surface area contributed by atoms with E-state index in [-0.39, 0.29) is 5.52 Å². The minimum absolute atomic E-state index is 0.0440. The number of alkyl halides is 1. The van der Waals surface area contributed by atoms with Crippen LogP contribution in [0.15, 0.2) is 0 Å². The first-order valence-electron chi connectivity index (χ1n) is 1.19. The van der Waals surface area contributed by atoms with E-state index in [9.17, 15) is 4.79 Å². The van der Waals surface area contributed by atoms with E-state index in [1.807, 2.05) is 0 Å². The van der Waals surface area contributed by atoms with Gasteiger partial charge in [0.2, 0.25) is 0 Å². The molecular formula is C2H3BrO3. The summed E-state index contributed by atoms with van der Waals surface area (Å²) in [6, 6.07) is 0. The van der Waals surface area contributed by atoms with Gasteiger partial charge in [0.05, 0.1) is 0 Å². The molecule has 0 aromatic rings. The average Bonchev–Trinajstić information content (AvgIpc) is 1.35. The van der Waals surface area contributed by atoms with E-state index in [0.29, 0.717) is 0 Å². The molecule has 0 atom stereocenters. The summed E-state index contributed by atoms with van der Waals surface area (Å²) in [4.78, 5) is 9.35. The lowest BCUT2D eigenvalue weighted by atomic mass is 11.4. The van der Waals surface area contributed by atoms with Gasteiger partial charge in [0.1, 0.15) is 5.52 Å². The highest BCUT2D eigenvalue weighted by Crippen LogP contribution is 1.80. The second-order valence-electron chi connectivity index (χ2n) is 0.519. The quantitative estimate of drug-likeness (QED) is 0.454. The zero-order valence-corrected chi connectivity index (χ0v) is 4.43. The third-order valence-corrected chi connectivity index (χ3v) is 0.407. The van der Waals surface area contributed by atoms with Gasteiger partial charge in [-0.15, -0.1) is 0 Å². The van der Waals surface area contributed by atoms with Crippen LogP contribution in [-0.4, -0.2) is 16.8 Å². The monoisotopic (exact) mass is 154 g/mol. The van der Waals surface area contributed by atoms with Crippen LogP contribution in [0.5, 0.6) is 0 Å². The van der Waals surface area contributed by atoms with Crippen molar-refractivity contribution in [2.45, 2.75) is 0 Å². The summed E-state index contributed by atoms with van der Waals surface area (Å²) >= 11 is 2.75. The van der Waals surface area contributed by atoms with Crippen LogP contribution in [0.2, 0.25) is 0 Å². The van der Waals surface area contributed by atoms with Gasteiger partial charge in [0.25, 0.3) is 0 Å². The van der Waals surface area contributed by atoms with E-state index in [1.165, 1.54) is 0 Å². The van der Waals surface area contributed by atoms with Crippen LogP contribution < -0.4 is 0 Å². The molecule has 0 amide bonds. The maximum atomic E-state index is 9.35. The number of hydrogen-bond donors (Lipinski definition) is 1. The van der Waals surface area contributed by atoms with Crippen molar-refractivity contribution in [1.82, 2.24) is 0 Å². The summed E-state index contributed by atoms with van der Waals surface area (Å²) in [5.41, 5.74) is 0.0440. The maximum Gasteiger partial charge on any atom is 0.506 e.